The molecule has 0 aliphatic rings. The first-order valence-electron chi connectivity index (χ1n) is 13.0. The first-order chi connectivity index (χ1) is 18.7. The molecule has 7 rings (SSSR count). The third-order valence-corrected chi connectivity index (χ3v) is 7.43. The highest BCUT2D eigenvalue weighted by atomic mass is 15.1. The maximum Gasteiger partial charge on any atom is 0.144 e. The van der Waals surface area contributed by atoms with E-state index in [0.717, 1.165) is 11.4 Å². The SMILES string of the molecule is Cc1cc(-c2ccc3c(c2)c2ccccc2n3-c2ccccc2)cc(C)c1-n1ccnc1-c1ccccc1. The van der Waals surface area contributed by atoms with Crippen LogP contribution in [-0.4, -0.2) is 14.1 Å². The zero-order chi connectivity index (χ0) is 25.6. The fourth-order valence-corrected chi connectivity index (χ4v) is 5.79. The van der Waals surface area contributed by atoms with Crippen molar-refractivity contribution in [3.05, 3.63) is 139 Å². The van der Waals surface area contributed by atoms with Crippen LogP contribution in [0.2, 0.25) is 0 Å². The molecule has 3 nitrogen and oxygen atoms in total. The van der Waals surface area contributed by atoms with E-state index in [4.69, 9.17) is 0 Å². The van der Waals surface area contributed by atoms with Crippen molar-refractivity contribution >= 4 is 21.8 Å². The van der Waals surface area contributed by atoms with Gasteiger partial charge in [-0.25, -0.2) is 4.98 Å². The van der Waals surface area contributed by atoms with Crippen LogP contribution in [0, 0.1) is 13.8 Å². The fraction of sp³-hybridized carbons (Fsp3) is 0.0571. The molecule has 182 valence electrons. The average molecular weight is 490 g/mol. The van der Waals surface area contributed by atoms with Gasteiger partial charge in [0.2, 0.25) is 0 Å². The van der Waals surface area contributed by atoms with Gasteiger partial charge in [0.15, 0.2) is 0 Å². The molecule has 2 aromatic heterocycles. The van der Waals surface area contributed by atoms with E-state index in [1.807, 2.05) is 12.3 Å². The Bertz CT molecular complexity index is 1900. The second kappa shape index (κ2) is 8.89. The summed E-state index contributed by atoms with van der Waals surface area (Å²) in [4.78, 5) is 4.68. The molecule has 0 atom stereocenters. The highest BCUT2D eigenvalue weighted by Crippen LogP contribution is 2.36. The molecular formula is C35H27N3. The molecule has 0 bridgehead atoms. The number of para-hydroxylation sites is 2. The first-order valence-corrected chi connectivity index (χ1v) is 13.0. The van der Waals surface area contributed by atoms with E-state index in [2.05, 4.69) is 143 Å². The Balaban J connectivity index is 1.37. The van der Waals surface area contributed by atoms with Crippen molar-refractivity contribution in [3.63, 3.8) is 0 Å². The summed E-state index contributed by atoms with van der Waals surface area (Å²) in [5.41, 5.74) is 10.8. The van der Waals surface area contributed by atoms with Gasteiger partial charge in [-0.3, -0.25) is 4.57 Å². The Labute approximate surface area is 222 Å². The Morgan fingerprint density at radius 3 is 1.97 bits per heavy atom. The van der Waals surface area contributed by atoms with Crippen LogP contribution >= 0.6 is 0 Å². The van der Waals surface area contributed by atoms with Gasteiger partial charge in [0, 0.05) is 34.4 Å². The molecule has 0 radical (unpaired) electrons. The van der Waals surface area contributed by atoms with Gasteiger partial charge in [0.1, 0.15) is 5.82 Å². The maximum absolute atomic E-state index is 4.68. The molecule has 5 aromatic carbocycles. The lowest BCUT2D eigenvalue weighted by Crippen LogP contribution is -2.02. The molecule has 7 aromatic rings. The summed E-state index contributed by atoms with van der Waals surface area (Å²) in [6.07, 6.45) is 3.94. The summed E-state index contributed by atoms with van der Waals surface area (Å²) in [5.74, 6) is 0.958. The molecule has 3 heteroatoms. The highest BCUT2D eigenvalue weighted by molar-refractivity contribution is 6.10. The third kappa shape index (κ3) is 3.55. The van der Waals surface area contributed by atoms with Gasteiger partial charge in [-0.15, -0.1) is 0 Å². The number of imidazole rings is 1. The monoisotopic (exact) mass is 489 g/mol. The van der Waals surface area contributed by atoms with Crippen molar-refractivity contribution in [2.24, 2.45) is 0 Å². The Kier molecular flexibility index (Phi) is 5.22. The van der Waals surface area contributed by atoms with Crippen LogP contribution in [0.5, 0.6) is 0 Å². The van der Waals surface area contributed by atoms with Gasteiger partial charge in [-0.1, -0.05) is 72.8 Å². The average Bonchev–Trinajstić information content (AvgIpc) is 3.56. The molecule has 0 spiro atoms. The molecule has 0 saturated carbocycles. The number of aryl methyl sites for hydroxylation is 2. The van der Waals surface area contributed by atoms with Crippen molar-refractivity contribution in [3.8, 4) is 33.9 Å². The number of nitrogens with zero attached hydrogens (tertiary/aromatic N) is 3. The van der Waals surface area contributed by atoms with Gasteiger partial charge in [0.05, 0.1) is 16.7 Å². The Hall–Kier alpha value is -4.89. The van der Waals surface area contributed by atoms with Crippen molar-refractivity contribution in [2.45, 2.75) is 13.8 Å². The van der Waals surface area contributed by atoms with Crippen LogP contribution in [0.15, 0.2) is 128 Å². The number of benzene rings is 5. The van der Waals surface area contributed by atoms with E-state index in [-0.39, 0.29) is 0 Å². The summed E-state index contributed by atoms with van der Waals surface area (Å²) in [7, 11) is 0. The van der Waals surface area contributed by atoms with Gasteiger partial charge in [-0.2, -0.15) is 0 Å². The number of hydrogen-bond acceptors (Lipinski definition) is 1. The molecule has 0 unspecified atom stereocenters. The lowest BCUT2D eigenvalue weighted by Gasteiger charge is -2.16. The highest BCUT2D eigenvalue weighted by Gasteiger charge is 2.16. The van der Waals surface area contributed by atoms with Crippen molar-refractivity contribution in [2.75, 3.05) is 0 Å². The number of hydrogen-bond donors (Lipinski definition) is 0. The minimum Gasteiger partial charge on any atom is -0.309 e. The minimum absolute atomic E-state index is 0.958. The largest absolute Gasteiger partial charge is 0.309 e. The van der Waals surface area contributed by atoms with Crippen LogP contribution in [0.25, 0.3) is 55.7 Å². The lowest BCUT2D eigenvalue weighted by molar-refractivity contribution is 1.03. The van der Waals surface area contributed by atoms with E-state index in [1.54, 1.807) is 0 Å². The Morgan fingerprint density at radius 1 is 0.553 bits per heavy atom. The van der Waals surface area contributed by atoms with Crippen molar-refractivity contribution in [1.29, 1.82) is 0 Å². The van der Waals surface area contributed by atoms with Gasteiger partial charge >= 0.3 is 0 Å². The number of rotatable bonds is 4. The molecule has 0 fully saturated rings. The number of aromatic nitrogens is 3. The molecule has 0 aliphatic heterocycles. The van der Waals surface area contributed by atoms with Gasteiger partial charge < -0.3 is 4.57 Å². The third-order valence-electron chi connectivity index (χ3n) is 7.43. The molecular weight excluding hydrogens is 462 g/mol. The van der Waals surface area contributed by atoms with Crippen molar-refractivity contribution in [1.82, 2.24) is 14.1 Å². The van der Waals surface area contributed by atoms with Crippen LogP contribution < -0.4 is 0 Å². The van der Waals surface area contributed by atoms with Crippen LogP contribution in [0.4, 0.5) is 0 Å². The summed E-state index contributed by atoms with van der Waals surface area (Å²) in [5, 5.41) is 2.53. The second-order valence-corrected chi connectivity index (χ2v) is 9.87. The Morgan fingerprint density at radius 2 is 1.21 bits per heavy atom. The lowest BCUT2D eigenvalue weighted by atomic mass is 9.97. The van der Waals surface area contributed by atoms with E-state index < -0.39 is 0 Å². The normalized spacial score (nSPS) is 11.4. The minimum atomic E-state index is 0.958. The zero-order valence-corrected chi connectivity index (χ0v) is 21.5. The predicted molar refractivity (Wildman–Crippen MR) is 158 cm³/mol. The smallest absolute Gasteiger partial charge is 0.144 e. The summed E-state index contributed by atoms with van der Waals surface area (Å²) in [6, 6.07) is 41.1. The molecule has 0 amide bonds. The van der Waals surface area contributed by atoms with Gasteiger partial charge in [-0.05, 0) is 78.6 Å². The van der Waals surface area contributed by atoms with E-state index in [1.165, 1.54) is 55.4 Å². The topological polar surface area (TPSA) is 22.8 Å². The molecule has 0 N–H and O–H groups in total. The van der Waals surface area contributed by atoms with Gasteiger partial charge in [0.25, 0.3) is 0 Å². The second-order valence-electron chi connectivity index (χ2n) is 9.87. The van der Waals surface area contributed by atoms with E-state index >= 15 is 0 Å². The van der Waals surface area contributed by atoms with Crippen LogP contribution in [0.3, 0.4) is 0 Å². The molecule has 38 heavy (non-hydrogen) atoms. The molecule has 2 heterocycles. The van der Waals surface area contributed by atoms with Crippen molar-refractivity contribution < 1.29 is 0 Å². The van der Waals surface area contributed by atoms with Crippen LogP contribution in [0.1, 0.15) is 11.1 Å². The molecule has 0 saturated heterocycles. The summed E-state index contributed by atoms with van der Waals surface area (Å²) >= 11 is 0. The number of fused-ring (bicyclic) bond motifs is 3. The van der Waals surface area contributed by atoms with E-state index in [0.29, 0.717) is 0 Å². The van der Waals surface area contributed by atoms with E-state index in [9.17, 15) is 0 Å². The fourth-order valence-electron chi connectivity index (χ4n) is 5.79. The first kappa shape index (κ1) is 22.3. The molecule has 0 aliphatic carbocycles. The zero-order valence-electron chi connectivity index (χ0n) is 21.5. The summed E-state index contributed by atoms with van der Waals surface area (Å²) < 4.78 is 4.57. The predicted octanol–water partition coefficient (Wildman–Crippen LogP) is 8.92. The quantitative estimate of drug-likeness (QED) is 0.242. The standard InChI is InChI=1S/C35H27N3/c1-24-21-28(22-25(2)34(24)37-20-19-36-35(37)26-11-5-3-6-12-26)27-17-18-33-31(23-27)30-15-9-10-16-32(30)38(33)29-13-7-4-8-14-29/h3-23H,1-2H3. The summed E-state index contributed by atoms with van der Waals surface area (Å²) in [6.45, 7) is 4.39. The maximum atomic E-state index is 4.68. The van der Waals surface area contributed by atoms with Crippen LogP contribution in [-0.2, 0) is 0 Å².